The second-order valence-electron chi connectivity index (χ2n) is 4.26. The Morgan fingerprint density at radius 3 is 2.76 bits per heavy atom. The molecule has 17 heavy (non-hydrogen) atoms. The topological polar surface area (TPSA) is 35.5 Å². The Morgan fingerprint density at radius 2 is 2.18 bits per heavy atom. The number of nitrogens with zero attached hydrogens (tertiary/aromatic N) is 1. The molecule has 0 fully saturated rings. The Kier molecular flexibility index (Phi) is 5.75. The maximum absolute atomic E-state index is 9.44. The summed E-state index contributed by atoms with van der Waals surface area (Å²) in [6.45, 7) is 6.13. The van der Waals surface area contributed by atoms with Gasteiger partial charge in [0.05, 0.1) is 16.8 Å². The maximum atomic E-state index is 9.44. The Bertz CT molecular complexity index is 355. The minimum absolute atomic E-state index is 0.372. The molecule has 0 spiro atoms. The smallest absolute Gasteiger partial charge is 0.0686 e. The second kappa shape index (κ2) is 6.84. The molecule has 0 aliphatic carbocycles. The molecule has 2 N–H and O–H groups in total. The number of nitrogens with one attached hydrogen (secondary N) is 1. The highest BCUT2D eigenvalue weighted by Crippen LogP contribution is 2.29. The van der Waals surface area contributed by atoms with Crippen LogP contribution in [0.1, 0.15) is 19.4 Å². The third-order valence-corrected chi connectivity index (χ3v) is 2.86. The van der Waals surface area contributed by atoms with E-state index in [9.17, 15) is 5.11 Å². The number of anilines is 1. The van der Waals surface area contributed by atoms with Gasteiger partial charge < -0.3 is 15.3 Å². The number of aliphatic hydroxyl groups is 1. The highest BCUT2D eigenvalue weighted by Gasteiger charge is 2.12. The summed E-state index contributed by atoms with van der Waals surface area (Å²) in [6.07, 6.45) is -0.372. The van der Waals surface area contributed by atoms with Crippen molar-refractivity contribution < 1.29 is 5.11 Å². The fraction of sp³-hybridized carbons (Fsp3) is 0.538. The SMILES string of the molecule is CCNCc1cccc(Cl)c1N(C)CC(C)O. The summed E-state index contributed by atoms with van der Waals surface area (Å²) in [5.41, 5.74) is 2.15. The van der Waals surface area contributed by atoms with Gasteiger partial charge in [0.15, 0.2) is 0 Å². The summed E-state index contributed by atoms with van der Waals surface area (Å²) in [7, 11) is 1.95. The molecule has 0 bridgehead atoms. The number of para-hydroxylation sites is 1. The Hall–Kier alpha value is -0.770. The number of benzene rings is 1. The summed E-state index contributed by atoms with van der Waals surface area (Å²) < 4.78 is 0. The molecule has 0 saturated carbocycles. The van der Waals surface area contributed by atoms with E-state index in [0.717, 1.165) is 29.4 Å². The van der Waals surface area contributed by atoms with E-state index in [0.29, 0.717) is 6.54 Å². The fourth-order valence-corrected chi connectivity index (χ4v) is 2.22. The van der Waals surface area contributed by atoms with Crippen molar-refractivity contribution in [2.24, 2.45) is 0 Å². The number of hydrogen-bond acceptors (Lipinski definition) is 3. The quantitative estimate of drug-likeness (QED) is 0.820. The first-order valence-electron chi connectivity index (χ1n) is 5.93. The lowest BCUT2D eigenvalue weighted by molar-refractivity contribution is 0.201. The van der Waals surface area contributed by atoms with Crippen molar-refractivity contribution >= 4 is 17.3 Å². The lowest BCUT2D eigenvalue weighted by Gasteiger charge is -2.25. The van der Waals surface area contributed by atoms with Crippen molar-refractivity contribution in [3.8, 4) is 0 Å². The van der Waals surface area contributed by atoms with E-state index >= 15 is 0 Å². The zero-order chi connectivity index (χ0) is 12.8. The van der Waals surface area contributed by atoms with Crippen LogP contribution in [0.15, 0.2) is 18.2 Å². The fourth-order valence-electron chi connectivity index (χ4n) is 1.88. The number of halogens is 1. The van der Waals surface area contributed by atoms with Gasteiger partial charge in [-0.1, -0.05) is 30.7 Å². The molecule has 0 radical (unpaired) electrons. The minimum atomic E-state index is -0.372. The average Bonchev–Trinajstić information content (AvgIpc) is 2.25. The van der Waals surface area contributed by atoms with E-state index in [1.165, 1.54) is 0 Å². The normalized spacial score (nSPS) is 12.5. The Morgan fingerprint density at radius 1 is 1.47 bits per heavy atom. The largest absolute Gasteiger partial charge is 0.392 e. The van der Waals surface area contributed by atoms with Crippen LogP contribution >= 0.6 is 11.6 Å². The number of aliphatic hydroxyl groups excluding tert-OH is 1. The van der Waals surface area contributed by atoms with Gasteiger partial charge in [0, 0.05) is 20.1 Å². The van der Waals surface area contributed by atoms with Gasteiger partial charge in [-0.2, -0.15) is 0 Å². The standard InChI is InChI=1S/C13H21ClN2O/c1-4-15-8-11-6-5-7-12(14)13(11)16(3)9-10(2)17/h5-7,10,15,17H,4,8-9H2,1-3H3. The van der Waals surface area contributed by atoms with Gasteiger partial charge >= 0.3 is 0 Å². The van der Waals surface area contributed by atoms with E-state index in [-0.39, 0.29) is 6.10 Å². The summed E-state index contributed by atoms with van der Waals surface area (Å²) in [6, 6.07) is 5.89. The number of hydrogen-bond donors (Lipinski definition) is 2. The summed E-state index contributed by atoms with van der Waals surface area (Å²) in [5, 5.41) is 13.5. The number of likely N-dealkylation sites (N-methyl/N-ethyl adjacent to an activating group) is 1. The monoisotopic (exact) mass is 256 g/mol. The minimum Gasteiger partial charge on any atom is -0.392 e. The summed E-state index contributed by atoms with van der Waals surface area (Å²) in [4.78, 5) is 2.00. The molecule has 1 atom stereocenters. The van der Waals surface area contributed by atoms with Crippen molar-refractivity contribution in [3.63, 3.8) is 0 Å². The molecule has 96 valence electrons. The van der Waals surface area contributed by atoms with Gasteiger partial charge in [0.2, 0.25) is 0 Å². The van der Waals surface area contributed by atoms with Crippen molar-refractivity contribution in [1.29, 1.82) is 0 Å². The first-order valence-corrected chi connectivity index (χ1v) is 6.31. The molecule has 0 heterocycles. The highest BCUT2D eigenvalue weighted by atomic mass is 35.5. The van der Waals surface area contributed by atoms with Gasteiger partial charge in [-0.25, -0.2) is 0 Å². The summed E-state index contributed by atoms with van der Waals surface area (Å²) >= 11 is 6.24. The van der Waals surface area contributed by atoms with Crippen LogP contribution in [-0.2, 0) is 6.54 Å². The van der Waals surface area contributed by atoms with Crippen LogP contribution in [0.25, 0.3) is 0 Å². The first kappa shape index (κ1) is 14.3. The molecular formula is C13H21ClN2O. The van der Waals surface area contributed by atoms with Crippen LogP contribution < -0.4 is 10.2 Å². The molecule has 0 aliphatic heterocycles. The molecule has 0 aliphatic rings. The molecule has 1 aromatic rings. The molecular weight excluding hydrogens is 236 g/mol. The van der Waals surface area contributed by atoms with Gasteiger partial charge in [0.25, 0.3) is 0 Å². The third-order valence-electron chi connectivity index (χ3n) is 2.56. The van der Waals surface area contributed by atoms with Gasteiger partial charge in [-0.3, -0.25) is 0 Å². The zero-order valence-corrected chi connectivity index (χ0v) is 11.5. The van der Waals surface area contributed by atoms with E-state index in [1.54, 1.807) is 6.92 Å². The average molecular weight is 257 g/mol. The molecule has 0 amide bonds. The van der Waals surface area contributed by atoms with E-state index in [2.05, 4.69) is 18.3 Å². The molecule has 0 saturated heterocycles. The van der Waals surface area contributed by atoms with Gasteiger partial charge in [-0.15, -0.1) is 0 Å². The molecule has 1 aromatic carbocycles. The number of rotatable bonds is 6. The van der Waals surface area contributed by atoms with Crippen molar-refractivity contribution in [2.45, 2.75) is 26.5 Å². The van der Waals surface area contributed by atoms with Gasteiger partial charge in [0.1, 0.15) is 0 Å². The molecule has 1 rings (SSSR count). The molecule has 3 nitrogen and oxygen atoms in total. The second-order valence-corrected chi connectivity index (χ2v) is 4.66. The van der Waals surface area contributed by atoms with E-state index in [4.69, 9.17) is 11.6 Å². The van der Waals surface area contributed by atoms with Crippen LogP contribution in [-0.4, -0.2) is 31.3 Å². The Balaban J connectivity index is 2.93. The summed E-state index contributed by atoms with van der Waals surface area (Å²) in [5.74, 6) is 0. The lowest BCUT2D eigenvalue weighted by Crippen LogP contribution is -2.28. The van der Waals surface area contributed by atoms with Crippen molar-refractivity contribution in [1.82, 2.24) is 5.32 Å². The molecule has 4 heteroatoms. The highest BCUT2D eigenvalue weighted by molar-refractivity contribution is 6.33. The van der Waals surface area contributed by atoms with E-state index < -0.39 is 0 Å². The van der Waals surface area contributed by atoms with Crippen LogP contribution in [0.5, 0.6) is 0 Å². The van der Waals surface area contributed by atoms with Crippen LogP contribution in [0.4, 0.5) is 5.69 Å². The van der Waals surface area contributed by atoms with Crippen molar-refractivity contribution in [3.05, 3.63) is 28.8 Å². The van der Waals surface area contributed by atoms with Crippen LogP contribution in [0, 0.1) is 0 Å². The van der Waals surface area contributed by atoms with Crippen LogP contribution in [0.3, 0.4) is 0 Å². The predicted octanol–water partition coefficient (Wildman–Crippen LogP) is 2.27. The Labute approximate surface area is 108 Å². The lowest BCUT2D eigenvalue weighted by atomic mass is 10.1. The van der Waals surface area contributed by atoms with Crippen LogP contribution in [0.2, 0.25) is 5.02 Å². The maximum Gasteiger partial charge on any atom is 0.0686 e. The molecule has 1 unspecified atom stereocenters. The predicted molar refractivity (Wildman–Crippen MR) is 73.8 cm³/mol. The van der Waals surface area contributed by atoms with Crippen molar-refractivity contribution in [2.75, 3.05) is 25.0 Å². The third kappa shape index (κ3) is 4.19. The van der Waals surface area contributed by atoms with E-state index in [1.807, 2.05) is 24.1 Å². The zero-order valence-electron chi connectivity index (χ0n) is 10.7. The van der Waals surface area contributed by atoms with Gasteiger partial charge in [-0.05, 0) is 25.1 Å². The molecule has 0 aromatic heterocycles. The first-order chi connectivity index (χ1) is 8.06.